The van der Waals surface area contributed by atoms with E-state index in [2.05, 4.69) is 11.9 Å². The van der Waals surface area contributed by atoms with Crippen molar-refractivity contribution in [1.29, 1.82) is 0 Å². The number of rotatable bonds is 3. The largest absolute Gasteiger partial charge is 0.380 e. The summed E-state index contributed by atoms with van der Waals surface area (Å²) in [5.74, 6) is 0. The summed E-state index contributed by atoms with van der Waals surface area (Å²) < 4.78 is 5.17. The van der Waals surface area contributed by atoms with Gasteiger partial charge in [0.05, 0.1) is 18.8 Å². The van der Waals surface area contributed by atoms with E-state index in [1.807, 2.05) is 13.8 Å². The lowest BCUT2D eigenvalue weighted by molar-refractivity contribution is -0.148. The topological polar surface area (TPSA) is 38.7 Å². The number of hydrogen-bond donors (Lipinski definition) is 0. The Hall–Kier alpha value is -0.660. The van der Waals surface area contributed by atoms with Gasteiger partial charge in [-0.05, 0) is 20.3 Å². The van der Waals surface area contributed by atoms with Gasteiger partial charge in [0.15, 0.2) is 0 Å². The smallest absolute Gasteiger partial charge is 0.235 e. The predicted octanol–water partition coefficient (Wildman–Crippen LogP) is 1.53. The van der Waals surface area contributed by atoms with Crippen molar-refractivity contribution in [3.8, 4) is 0 Å². The van der Waals surface area contributed by atoms with E-state index in [1.165, 1.54) is 0 Å². The molecule has 1 saturated heterocycles. The molecule has 0 aromatic heterocycles. The minimum Gasteiger partial charge on any atom is -0.380 e. The maximum atomic E-state index is 10.2. The Morgan fingerprint density at radius 1 is 1.58 bits per heavy atom. The lowest BCUT2D eigenvalue weighted by atomic mass is 9.68. The highest BCUT2D eigenvalue weighted by atomic mass is 16.5. The Bertz CT molecular complexity index is 207. The lowest BCUT2D eigenvalue weighted by Crippen LogP contribution is -2.55. The molecule has 3 heteroatoms. The van der Waals surface area contributed by atoms with Crippen molar-refractivity contribution in [3.63, 3.8) is 0 Å². The van der Waals surface area contributed by atoms with E-state index in [0.717, 1.165) is 6.42 Å². The molecule has 0 unspecified atom stereocenters. The van der Waals surface area contributed by atoms with Gasteiger partial charge in [-0.15, -0.1) is 0 Å². The first-order valence-corrected chi connectivity index (χ1v) is 4.25. The number of nitrogens with zero attached hydrogens (tertiary/aromatic N) is 1. The van der Waals surface area contributed by atoms with Gasteiger partial charge in [0.1, 0.15) is 0 Å². The standard InChI is InChI=1S/C9H15NO2/c1-4-9(5-12-6-9)8(2,3)10-7-11/h4-6H2,1-3H3. The molecule has 1 aliphatic rings. The minimum atomic E-state index is -0.332. The average Bonchev–Trinajstić information content (AvgIpc) is 1.84. The van der Waals surface area contributed by atoms with Crippen LogP contribution in [0.5, 0.6) is 0 Å². The van der Waals surface area contributed by atoms with Crippen molar-refractivity contribution >= 4 is 6.08 Å². The minimum absolute atomic E-state index is 0.0599. The van der Waals surface area contributed by atoms with E-state index in [1.54, 1.807) is 6.08 Å². The monoisotopic (exact) mass is 169 g/mol. The second-order valence-electron chi connectivity index (χ2n) is 3.89. The number of aliphatic imine (C=N–C) groups is 1. The van der Waals surface area contributed by atoms with Gasteiger partial charge in [0.25, 0.3) is 0 Å². The first kappa shape index (κ1) is 9.43. The van der Waals surface area contributed by atoms with Crippen LogP contribution in [0.15, 0.2) is 4.99 Å². The highest BCUT2D eigenvalue weighted by Gasteiger charge is 2.49. The van der Waals surface area contributed by atoms with E-state index < -0.39 is 0 Å². The quantitative estimate of drug-likeness (QED) is 0.474. The van der Waals surface area contributed by atoms with Crippen molar-refractivity contribution in [1.82, 2.24) is 0 Å². The summed E-state index contributed by atoms with van der Waals surface area (Å²) in [5, 5.41) is 0. The third-order valence-corrected chi connectivity index (χ3v) is 3.06. The van der Waals surface area contributed by atoms with Crippen molar-refractivity contribution in [2.45, 2.75) is 32.7 Å². The maximum Gasteiger partial charge on any atom is 0.235 e. The van der Waals surface area contributed by atoms with Crippen molar-refractivity contribution in [2.24, 2.45) is 10.4 Å². The van der Waals surface area contributed by atoms with E-state index in [-0.39, 0.29) is 11.0 Å². The molecule has 1 heterocycles. The Balaban J connectivity index is 2.83. The van der Waals surface area contributed by atoms with Crippen LogP contribution in [0.1, 0.15) is 27.2 Å². The second kappa shape index (κ2) is 3.00. The molecule has 0 atom stereocenters. The Morgan fingerprint density at radius 2 is 2.17 bits per heavy atom. The zero-order valence-corrected chi connectivity index (χ0v) is 7.89. The van der Waals surface area contributed by atoms with Crippen LogP contribution in [0, 0.1) is 5.41 Å². The molecule has 1 rings (SSSR count). The molecule has 1 fully saturated rings. The number of ether oxygens (including phenoxy) is 1. The summed E-state index contributed by atoms with van der Waals surface area (Å²) in [4.78, 5) is 14.0. The molecule has 68 valence electrons. The Kier molecular flexibility index (Phi) is 2.36. The number of isocyanates is 1. The summed E-state index contributed by atoms with van der Waals surface area (Å²) >= 11 is 0. The molecule has 0 saturated carbocycles. The van der Waals surface area contributed by atoms with Crippen LogP contribution in [0.25, 0.3) is 0 Å². The molecule has 0 radical (unpaired) electrons. The van der Waals surface area contributed by atoms with Gasteiger partial charge in [-0.25, -0.2) is 4.79 Å². The van der Waals surface area contributed by atoms with E-state index in [4.69, 9.17) is 4.74 Å². The highest BCUT2D eigenvalue weighted by molar-refractivity contribution is 5.35. The van der Waals surface area contributed by atoms with Gasteiger partial charge >= 0.3 is 0 Å². The Morgan fingerprint density at radius 3 is 2.42 bits per heavy atom. The maximum absolute atomic E-state index is 10.2. The summed E-state index contributed by atoms with van der Waals surface area (Å²) in [5.41, 5.74) is -0.272. The zero-order chi connectivity index (χ0) is 9.24. The molecule has 0 aromatic rings. The molecule has 0 bridgehead atoms. The van der Waals surface area contributed by atoms with Crippen LogP contribution in [0.3, 0.4) is 0 Å². The van der Waals surface area contributed by atoms with Gasteiger partial charge < -0.3 is 4.74 Å². The molecule has 0 spiro atoms. The van der Waals surface area contributed by atoms with Crippen LogP contribution in [-0.2, 0) is 9.53 Å². The van der Waals surface area contributed by atoms with Crippen molar-refractivity contribution in [3.05, 3.63) is 0 Å². The van der Waals surface area contributed by atoms with Gasteiger partial charge in [0, 0.05) is 5.41 Å². The third kappa shape index (κ3) is 1.19. The fraction of sp³-hybridized carbons (Fsp3) is 0.889. The summed E-state index contributed by atoms with van der Waals surface area (Å²) in [7, 11) is 0. The molecule has 1 aliphatic heterocycles. The molecule has 12 heavy (non-hydrogen) atoms. The van der Waals surface area contributed by atoms with Crippen molar-refractivity contribution in [2.75, 3.05) is 13.2 Å². The normalized spacial score (nSPS) is 20.9. The Labute approximate surface area is 72.8 Å². The van der Waals surface area contributed by atoms with Gasteiger partial charge in [0.2, 0.25) is 6.08 Å². The number of carbonyl (C=O) groups excluding carboxylic acids is 1. The van der Waals surface area contributed by atoms with E-state index in [0.29, 0.717) is 13.2 Å². The van der Waals surface area contributed by atoms with Gasteiger partial charge in [-0.2, -0.15) is 4.99 Å². The SMILES string of the molecule is CCC1(C(C)(C)N=C=O)COC1. The van der Waals surface area contributed by atoms with Gasteiger partial charge in [-0.1, -0.05) is 6.92 Å². The molecule has 3 nitrogen and oxygen atoms in total. The van der Waals surface area contributed by atoms with E-state index >= 15 is 0 Å². The number of hydrogen-bond acceptors (Lipinski definition) is 3. The van der Waals surface area contributed by atoms with Gasteiger partial charge in [-0.3, -0.25) is 0 Å². The molecule has 0 aliphatic carbocycles. The van der Waals surface area contributed by atoms with E-state index in [9.17, 15) is 4.79 Å². The summed E-state index contributed by atoms with van der Waals surface area (Å²) in [6.45, 7) is 7.45. The lowest BCUT2D eigenvalue weighted by Gasteiger charge is -2.49. The van der Waals surface area contributed by atoms with Crippen LogP contribution in [-0.4, -0.2) is 24.8 Å². The molecule has 0 N–H and O–H groups in total. The average molecular weight is 169 g/mol. The second-order valence-corrected chi connectivity index (χ2v) is 3.89. The fourth-order valence-electron chi connectivity index (χ4n) is 1.57. The molecular formula is C9H15NO2. The fourth-order valence-corrected chi connectivity index (χ4v) is 1.57. The molecule has 0 amide bonds. The predicted molar refractivity (Wildman–Crippen MR) is 45.7 cm³/mol. The van der Waals surface area contributed by atoms with Crippen LogP contribution >= 0.6 is 0 Å². The molecule has 0 aromatic carbocycles. The van der Waals surface area contributed by atoms with Crippen molar-refractivity contribution < 1.29 is 9.53 Å². The molecular weight excluding hydrogens is 154 g/mol. The van der Waals surface area contributed by atoms with Crippen LogP contribution in [0.2, 0.25) is 0 Å². The third-order valence-electron chi connectivity index (χ3n) is 3.06. The summed E-state index contributed by atoms with van der Waals surface area (Å²) in [6.07, 6.45) is 2.63. The highest BCUT2D eigenvalue weighted by Crippen LogP contribution is 2.43. The first-order chi connectivity index (χ1) is 5.58. The van der Waals surface area contributed by atoms with Crippen LogP contribution in [0.4, 0.5) is 0 Å². The zero-order valence-electron chi connectivity index (χ0n) is 7.89. The van der Waals surface area contributed by atoms with Crippen LogP contribution < -0.4 is 0 Å². The first-order valence-electron chi connectivity index (χ1n) is 4.25. The summed E-state index contributed by atoms with van der Waals surface area (Å²) in [6, 6.07) is 0.